The Kier molecular flexibility index (Phi) is 4.30. The van der Waals surface area contributed by atoms with Crippen LogP contribution in [-0.2, 0) is 4.79 Å². The van der Waals surface area contributed by atoms with E-state index in [1.54, 1.807) is 18.3 Å². The van der Waals surface area contributed by atoms with Gasteiger partial charge in [-0.15, -0.1) is 11.8 Å². The Morgan fingerprint density at radius 3 is 2.67 bits per heavy atom. The number of Topliss-reactive ketones (excluding diaryl/α,β-unsaturated/α-hetero) is 1. The molecule has 0 bridgehead atoms. The van der Waals surface area contributed by atoms with E-state index in [2.05, 4.69) is 4.98 Å². The number of carboxylic acid groups (broad SMARTS) is 1. The second kappa shape index (κ2) is 5.50. The molecule has 4 nitrogen and oxygen atoms in total. The maximum absolute atomic E-state index is 10.9. The van der Waals surface area contributed by atoms with Crippen molar-refractivity contribution in [1.82, 2.24) is 4.98 Å². The molecule has 5 heteroatoms. The highest BCUT2D eigenvalue weighted by Gasteiger charge is 2.02. The van der Waals surface area contributed by atoms with E-state index in [1.165, 1.54) is 18.7 Å². The summed E-state index contributed by atoms with van der Waals surface area (Å²) in [6, 6.07) is 3.42. The summed E-state index contributed by atoms with van der Waals surface area (Å²) in [5, 5.41) is 8.43. The molecule has 0 spiro atoms. The number of carbonyl (C=O) groups is 2. The molecular formula is C10H11NO3S. The predicted molar refractivity (Wildman–Crippen MR) is 57.2 cm³/mol. The van der Waals surface area contributed by atoms with Crippen LogP contribution in [0.2, 0.25) is 0 Å². The van der Waals surface area contributed by atoms with E-state index in [4.69, 9.17) is 5.11 Å². The van der Waals surface area contributed by atoms with Gasteiger partial charge >= 0.3 is 5.97 Å². The maximum Gasteiger partial charge on any atom is 0.304 e. The molecule has 0 saturated carbocycles. The summed E-state index contributed by atoms with van der Waals surface area (Å²) in [5.41, 5.74) is 0.428. The highest BCUT2D eigenvalue weighted by Crippen LogP contribution is 2.17. The van der Waals surface area contributed by atoms with Crippen LogP contribution < -0.4 is 0 Å². The minimum absolute atomic E-state index is 0.0721. The third-order valence-corrected chi connectivity index (χ3v) is 2.66. The fraction of sp³-hybridized carbons (Fsp3) is 0.300. The highest BCUT2D eigenvalue weighted by molar-refractivity contribution is 7.99. The summed E-state index contributed by atoms with van der Waals surface area (Å²) in [5.74, 6) is -0.371. The Labute approximate surface area is 91.7 Å². The first-order valence-electron chi connectivity index (χ1n) is 4.41. The number of hydrogen-bond acceptors (Lipinski definition) is 4. The average molecular weight is 225 g/mol. The van der Waals surface area contributed by atoms with Gasteiger partial charge in [-0.1, -0.05) is 0 Å². The van der Waals surface area contributed by atoms with Crippen LogP contribution in [0.1, 0.15) is 23.8 Å². The molecule has 0 radical (unpaired) electrons. The van der Waals surface area contributed by atoms with Crippen molar-refractivity contribution < 1.29 is 14.7 Å². The molecule has 1 heterocycles. The van der Waals surface area contributed by atoms with Crippen LogP contribution in [-0.4, -0.2) is 27.6 Å². The Morgan fingerprint density at radius 1 is 1.47 bits per heavy atom. The van der Waals surface area contributed by atoms with Crippen molar-refractivity contribution in [1.29, 1.82) is 0 Å². The van der Waals surface area contributed by atoms with Gasteiger partial charge in [0.1, 0.15) is 5.69 Å². The minimum atomic E-state index is -0.809. The smallest absolute Gasteiger partial charge is 0.304 e. The first-order chi connectivity index (χ1) is 7.09. The number of carboxylic acids is 1. The van der Waals surface area contributed by atoms with Crippen LogP contribution >= 0.6 is 11.8 Å². The molecule has 0 fully saturated rings. The molecule has 0 aliphatic rings. The molecule has 0 saturated heterocycles. The molecule has 0 unspecified atom stereocenters. The molecule has 0 aliphatic heterocycles. The SMILES string of the molecule is CC(=O)c1ccc(SCCC(=O)O)cn1. The van der Waals surface area contributed by atoms with Crippen molar-refractivity contribution in [2.24, 2.45) is 0 Å². The molecule has 15 heavy (non-hydrogen) atoms. The fourth-order valence-corrected chi connectivity index (χ4v) is 1.73. The molecule has 0 amide bonds. The maximum atomic E-state index is 10.9. The molecule has 1 aromatic rings. The standard InChI is InChI=1S/C10H11NO3S/c1-7(12)9-3-2-8(6-11-9)15-5-4-10(13)14/h2-3,6H,4-5H2,1H3,(H,13,14). The van der Waals surface area contributed by atoms with E-state index in [-0.39, 0.29) is 12.2 Å². The molecule has 0 aromatic carbocycles. The largest absolute Gasteiger partial charge is 0.481 e. The van der Waals surface area contributed by atoms with Crippen molar-refractivity contribution in [2.45, 2.75) is 18.2 Å². The van der Waals surface area contributed by atoms with Gasteiger partial charge in [0.25, 0.3) is 0 Å². The number of pyridine rings is 1. The normalized spacial score (nSPS) is 9.93. The third-order valence-electron chi connectivity index (χ3n) is 1.68. The summed E-state index contributed by atoms with van der Waals surface area (Å²) in [6.07, 6.45) is 1.71. The Bertz CT molecular complexity index is 361. The quantitative estimate of drug-likeness (QED) is 0.612. The Balaban J connectivity index is 2.50. The average Bonchev–Trinajstić information content (AvgIpc) is 2.18. The van der Waals surface area contributed by atoms with E-state index < -0.39 is 5.97 Å². The van der Waals surface area contributed by atoms with Gasteiger partial charge in [-0.2, -0.15) is 0 Å². The van der Waals surface area contributed by atoms with Crippen LogP contribution in [0.15, 0.2) is 23.2 Å². The van der Waals surface area contributed by atoms with Crippen molar-refractivity contribution in [3.63, 3.8) is 0 Å². The highest BCUT2D eigenvalue weighted by atomic mass is 32.2. The van der Waals surface area contributed by atoms with Gasteiger partial charge in [-0.3, -0.25) is 14.6 Å². The van der Waals surface area contributed by atoms with Crippen molar-refractivity contribution in [3.05, 3.63) is 24.0 Å². The number of hydrogen-bond donors (Lipinski definition) is 1. The van der Waals surface area contributed by atoms with Crippen LogP contribution in [0.3, 0.4) is 0 Å². The molecule has 1 rings (SSSR count). The second-order valence-corrected chi connectivity index (χ2v) is 4.10. The van der Waals surface area contributed by atoms with E-state index >= 15 is 0 Å². The zero-order chi connectivity index (χ0) is 11.3. The van der Waals surface area contributed by atoms with Crippen LogP contribution in [0, 0.1) is 0 Å². The van der Waals surface area contributed by atoms with Gasteiger partial charge in [0.15, 0.2) is 5.78 Å². The molecule has 0 atom stereocenters. The predicted octanol–water partition coefficient (Wildman–Crippen LogP) is 1.85. The number of aliphatic carboxylic acids is 1. The molecule has 1 N–H and O–H groups in total. The first kappa shape index (κ1) is 11.7. The van der Waals surface area contributed by atoms with E-state index in [9.17, 15) is 9.59 Å². The summed E-state index contributed by atoms with van der Waals surface area (Å²) in [4.78, 5) is 26.0. The van der Waals surface area contributed by atoms with Gasteiger partial charge in [0.2, 0.25) is 0 Å². The Morgan fingerprint density at radius 2 is 2.20 bits per heavy atom. The lowest BCUT2D eigenvalue weighted by atomic mass is 10.3. The van der Waals surface area contributed by atoms with Gasteiger partial charge < -0.3 is 5.11 Å². The lowest BCUT2D eigenvalue weighted by molar-refractivity contribution is -0.136. The zero-order valence-electron chi connectivity index (χ0n) is 8.27. The van der Waals surface area contributed by atoms with E-state index in [1.807, 2.05) is 0 Å². The lowest BCUT2D eigenvalue weighted by Gasteiger charge is -1.99. The molecular weight excluding hydrogens is 214 g/mol. The van der Waals surface area contributed by atoms with Gasteiger partial charge in [-0.25, -0.2) is 0 Å². The van der Waals surface area contributed by atoms with Crippen LogP contribution in [0.4, 0.5) is 0 Å². The summed E-state index contributed by atoms with van der Waals surface area (Å²) >= 11 is 1.41. The number of carbonyl (C=O) groups excluding carboxylic acids is 1. The van der Waals surface area contributed by atoms with Crippen molar-refractivity contribution in [2.75, 3.05) is 5.75 Å². The van der Waals surface area contributed by atoms with Crippen LogP contribution in [0.25, 0.3) is 0 Å². The number of nitrogens with zero attached hydrogens (tertiary/aromatic N) is 1. The lowest BCUT2D eigenvalue weighted by Crippen LogP contribution is -1.97. The summed E-state index contributed by atoms with van der Waals surface area (Å²) in [7, 11) is 0. The fourth-order valence-electron chi connectivity index (χ4n) is 0.930. The number of ketones is 1. The number of thioether (sulfide) groups is 1. The molecule has 1 aromatic heterocycles. The van der Waals surface area contributed by atoms with Gasteiger partial charge in [0.05, 0.1) is 6.42 Å². The number of aromatic nitrogens is 1. The Hall–Kier alpha value is -1.36. The molecule has 0 aliphatic carbocycles. The topological polar surface area (TPSA) is 67.3 Å². The van der Waals surface area contributed by atoms with Crippen molar-refractivity contribution in [3.8, 4) is 0 Å². The zero-order valence-corrected chi connectivity index (χ0v) is 9.08. The number of rotatable bonds is 5. The van der Waals surface area contributed by atoms with E-state index in [0.717, 1.165) is 4.90 Å². The van der Waals surface area contributed by atoms with E-state index in [0.29, 0.717) is 11.4 Å². The summed E-state index contributed by atoms with van der Waals surface area (Å²) < 4.78 is 0. The van der Waals surface area contributed by atoms with Crippen molar-refractivity contribution >= 4 is 23.5 Å². The first-order valence-corrected chi connectivity index (χ1v) is 5.39. The summed E-state index contributed by atoms with van der Waals surface area (Å²) in [6.45, 7) is 1.46. The third kappa shape index (κ3) is 4.12. The van der Waals surface area contributed by atoms with Crippen LogP contribution in [0.5, 0.6) is 0 Å². The van der Waals surface area contributed by atoms with Gasteiger partial charge in [-0.05, 0) is 12.1 Å². The minimum Gasteiger partial charge on any atom is -0.481 e. The monoisotopic (exact) mass is 225 g/mol. The molecule has 80 valence electrons. The van der Waals surface area contributed by atoms with Gasteiger partial charge in [0, 0.05) is 23.8 Å². The second-order valence-electron chi connectivity index (χ2n) is 2.93.